The fraction of sp³-hybridized carbons (Fsp3) is 0.375. The van der Waals surface area contributed by atoms with Crippen LogP contribution in [-0.2, 0) is 0 Å². The molecule has 1 aromatic heterocycles. The van der Waals surface area contributed by atoms with Crippen molar-refractivity contribution in [2.24, 2.45) is 0 Å². The standard InChI is InChI=1S/C16H20N4O3/c21-11-5-7-20(10-11)8-6-17-16(23)14-9-13(18-19-14)12-3-1-2-4-15(12)22/h1-4,9,11,21-22H,5-8,10H2,(H,17,23)(H,18,19)/t11-/m1/s1. The van der Waals surface area contributed by atoms with Gasteiger partial charge in [0, 0.05) is 31.7 Å². The zero-order valence-corrected chi connectivity index (χ0v) is 12.7. The Morgan fingerprint density at radius 2 is 2.26 bits per heavy atom. The Kier molecular flexibility index (Phi) is 4.59. The fourth-order valence-electron chi connectivity index (χ4n) is 2.70. The Hall–Kier alpha value is -2.38. The molecule has 3 rings (SSSR count). The third-order valence-corrected chi connectivity index (χ3v) is 3.96. The third kappa shape index (κ3) is 3.69. The lowest BCUT2D eigenvalue weighted by Crippen LogP contribution is -2.34. The van der Waals surface area contributed by atoms with Crippen molar-refractivity contribution in [2.45, 2.75) is 12.5 Å². The molecule has 2 aromatic rings. The van der Waals surface area contributed by atoms with Crippen molar-refractivity contribution in [1.29, 1.82) is 0 Å². The Morgan fingerprint density at radius 1 is 1.43 bits per heavy atom. The van der Waals surface area contributed by atoms with Crippen molar-refractivity contribution in [3.05, 3.63) is 36.0 Å². The van der Waals surface area contributed by atoms with E-state index in [1.165, 1.54) is 0 Å². The molecule has 1 aromatic carbocycles. The average Bonchev–Trinajstić information content (AvgIpc) is 3.17. The molecule has 4 N–H and O–H groups in total. The molecule has 2 heterocycles. The summed E-state index contributed by atoms with van der Waals surface area (Å²) in [5.41, 5.74) is 1.45. The van der Waals surface area contributed by atoms with E-state index in [1.807, 2.05) is 0 Å². The number of hydrogen-bond acceptors (Lipinski definition) is 5. The molecule has 0 aliphatic carbocycles. The van der Waals surface area contributed by atoms with Crippen LogP contribution in [0.1, 0.15) is 16.9 Å². The van der Waals surface area contributed by atoms with Crippen molar-refractivity contribution in [3.63, 3.8) is 0 Å². The van der Waals surface area contributed by atoms with E-state index in [2.05, 4.69) is 20.4 Å². The molecule has 0 bridgehead atoms. The summed E-state index contributed by atoms with van der Waals surface area (Å²) in [4.78, 5) is 14.2. The van der Waals surface area contributed by atoms with Gasteiger partial charge in [0.25, 0.3) is 5.91 Å². The van der Waals surface area contributed by atoms with E-state index in [9.17, 15) is 15.0 Å². The van der Waals surface area contributed by atoms with Crippen LogP contribution < -0.4 is 5.32 Å². The largest absolute Gasteiger partial charge is 0.507 e. The molecule has 0 unspecified atom stereocenters. The number of aromatic nitrogens is 2. The van der Waals surface area contributed by atoms with E-state index in [-0.39, 0.29) is 17.8 Å². The summed E-state index contributed by atoms with van der Waals surface area (Å²) in [6.45, 7) is 2.75. The number of rotatable bonds is 5. The first-order valence-electron chi connectivity index (χ1n) is 7.66. The molecule has 1 saturated heterocycles. The number of aromatic hydroxyl groups is 1. The van der Waals surface area contributed by atoms with Gasteiger partial charge in [-0.1, -0.05) is 12.1 Å². The summed E-state index contributed by atoms with van der Waals surface area (Å²) in [6.07, 6.45) is 0.540. The average molecular weight is 316 g/mol. The maximum absolute atomic E-state index is 12.1. The number of carbonyl (C=O) groups is 1. The van der Waals surface area contributed by atoms with Crippen LogP contribution in [0.25, 0.3) is 11.3 Å². The second-order valence-electron chi connectivity index (χ2n) is 5.68. The van der Waals surface area contributed by atoms with Crippen molar-refractivity contribution < 1.29 is 15.0 Å². The number of carbonyl (C=O) groups excluding carboxylic acids is 1. The van der Waals surface area contributed by atoms with Gasteiger partial charge in [0.1, 0.15) is 11.4 Å². The number of aliphatic hydroxyl groups excluding tert-OH is 1. The summed E-state index contributed by atoms with van der Waals surface area (Å²) >= 11 is 0. The fourth-order valence-corrected chi connectivity index (χ4v) is 2.70. The number of likely N-dealkylation sites (tertiary alicyclic amines) is 1. The van der Waals surface area contributed by atoms with E-state index in [0.717, 1.165) is 13.0 Å². The molecule has 7 heteroatoms. The number of para-hydroxylation sites is 1. The number of aromatic amines is 1. The smallest absolute Gasteiger partial charge is 0.269 e. The highest BCUT2D eigenvalue weighted by atomic mass is 16.3. The SMILES string of the molecule is O=C(NCCN1CC[C@@H](O)C1)c1cc(-c2ccccc2O)n[nH]1. The van der Waals surface area contributed by atoms with Gasteiger partial charge in [-0.25, -0.2) is 0 Å². The number of H-pyrrole nitrogens is 1. The molecule has 1 fully saturated rings. The maximum Gasteiger partial charge on any atom is 0.269 e. The molecule has 1 amide bonds. The lowest BCUT2D eigenvalue weighted by Gasteiger charge is -2.14. The van der Waals surface area contributed by atoms with E-state index >= 15 is 0 Å². The van der Waals surface area contributed by atoms with Gasteiger partial charge >= 0.3 is 0 Å². The molecule has 0 spiro atoms. The van der Waals surface area contributed by atoms with E-state index < -0.39 is 0 Å². The molecular weight excluding hydrogens is 296 g/mol. The zero-order valence-electron chi connectivity index (χ0n) is 12.7. The number of nitrogens with zero attached hydrogens (tertiary/aromatic N) is 2. The van der Waals surface area contributed by atoms with Crippen LogP contribution in [0.5, 0.6) is 5.75 Å². The number of β-amino-alcohol motifs (C(OH)–C–C–N with tert-alkyl or cyclic N) is 1. The van der Waals surface area contributed by atoms with Crippen LogP contribution in [0, 0.1) is 0 Å². The van der Waals surface area contributed by atoms with Crippen LogP contribution in [0.15, 0.2) is 30.3 Å². The van der Waals surface area contributed by atoms with Crippen LogP contribution >= 0.6 is 0 Å². The van der Waals surface area contributed by atoms with Crippen LogP contribution in [0.3, 0.4) is 0 Å². The summed E-state index contributed by atoms with van der Waals surface area (Å²) in [5.74, 6) is -0.113. The molecular formula is C16H20N4O3. The Morgan fingerprint density at radius 3 is 3.00 bits per heavy atom. The number of phenolic OH excluding ortho intramolecular Hbond substituents is 1. The molecule has 1 aliphatic heterocycles. The lowest BCUT2D eigenvalue weighted by molar-refractivity contribution is 0.0944. The number of hydrogen-bond donors (Lipinski definition) is 4. The quantitative estimate of drug-likeness (QED) is 0.646. The first-order valence-corrected chi connectivity index (χ1v) is 7.66. The van der Waals surface area contributed by atoms with Gasteiger partial charge < -0.3 is 15.5 Å². The number of amides is 1. The van der Waals surface area contributed by atoms with Gasteiger partial charge in [0.05, 0.1) is 11.8 Å². The highest BCUT2D eigenvalue weighted by Gasteiger charge is 2.19. The minimum atomic E-state index is -0.251. The Bertz CT molecular complexity index is 685. The normalized spacial score (nSPS) is 18.2. The molecule has 122 valence electrons. The van der Waals surface area contributed by atoms with Gasteiger partial charge in [-0.2, -0.15) is 5.10 Å². The maximum atomic E-state index is 12.1. The molecule has 7 nitrogen and oxygen atoms in total. The predicted octanol–water partition coefficient (Wildman–Crippen LogP) is 0.579. The molecule has 0 saturated carbocycles. The number of phenols is 1. The van der Waals surface area contributed by atoms with Crippen LogP contribution in [-0.4, -0.2) is 63.5 Å². The number of benzene rings is 1. The third-order valence-electron chi connectivity index (χ3n) is 3.96. The van der Waals surface area contributed by atoms with Gasteiger partial charge in [-0.05, 0) is 24.6 Å². The van der Waals surface area contributed by atoms with Crippen molar-refractivity contribution in [1.82, 2.24) is 20.4 Å². The highest BCUT2D eigenvalue weighted by Crippen LogP contribution is 2.27. The molecule has 0 radical (unpaired) electrons. The summed E-state index contributed by atoms with van der Waals surface area (Å²) in [6, 6.07) is 8.46. The molecule has 1 atom stereocenters. The highest BCUT2D eigenvalue weighted by molar-refractivity contribution is 5.93. The monoisotopic (exact) mass is 316 g/mol. The van der Waals surface area contributed by atoms with Crippen LogP contribution in [0.2, 0.25) is 0 Å². The Labute approximate surface area is 133 Å². The topological polar surface area (TPSA) is 101 Å². The Balaban J connectivity index is 1.55. The summed E-state index contributed by atoms with van der Waals surface area (Å²) in [5, 5.41) is 28.9. The van der Waals surface area contributed by atoms with E-state index in [0.29, 0.717) is 36.6 Å². The summed E-state index contributed by atoms with van der Waals surface area (Å²) in [7, 11) is 0. The number of nitrogens with one attached hydrogen (secondary N) is 2. The molecule has 1 aliphatic rings. The predicted molar refractivity (Wildman–Crippen MR) is 85.1 cm³/mol. The van der Waals surface area contributed by atoms with Gasteiger partial charge in [-0.15, -0.1) is 0 Å². The zero-order chi connectivity index (χ0) is 16.2. The van der Waals surface area contributed by atoms with Gasteiger partial charge in [0.15, 0.2) is 0 Å². The first-order chi connectivity index (χ1) is 11.1. The first kappa shape index (κ1) is 15.5. The van der Waals surface area contributed by atoms with E-state index in [1.54, 1.807) is 30.3 Å². The number of aliphatic hydroxyl groups is 1. The van der Waals surface area contributed by atoms with Crippen LogP contribution in [0.4, 0.5) is 0 Å². The summed E-state index contributed by atoms with van der Waals surface area (Å²) < 4.78 is 0. The lowest BCUT2D eigenvalue weighted by atomic mass is 10.1. The molecule has 23 heavy (non-hydrogen) atoms. The minimum Gasteiger partial charge on any atom is -0.507 e. The van der Waals surface area contributed by atoms with Gasteiger partial charge in [0.2, 0.25) is 0 Å². The van der Waals surface area contributed by atoms with Crippen molar-refractivity contribution in [2.75, 3.05) is 26.2 Å². The van der Waals surface area contributed by atoms with Crippen molar-refractivity contribution in [3.8, 4) is 17.0 Å². The van der Waals surface area contributed by atoms with Crippen molar-refractivity contribution >= 4 is 5.91 Å². The second kappa shape index (κ2) is 6.80. The minimum absolute atomic E-state index is 0.124. The van der Waals surface area contributed by atoms with E-state index in [4.69, 9.17) is 0 Å². The van der Waals surface area contributed by atoms with Gasteiger partial charge in [-0.3, -0.25) is 14.8 Å². The second-order valence-corrected chi connectivity index (χ2v) is 5.68.